The standard InChI is InChI=1S/C14H13Cl3O4/c1-13(6-14(13,16)17)12(18)20-5-9-3-10(15)2-8-4-19-7-21-11(8)9/h2-3H,4-7H2,1H3/t13-/m1/s1. The van der Waals surface area contributed by atoms with Gasteiger partial charge in [0, 0.05) is 22.6 Å². The van der Waals surface area contributed by atoms with E-state index in [-0.39, 0.29) is 13.4 Å². The highest BCUT2D eigenvalue weighted by atomic mass is 35.5. The Balaban J connectivity index is 1.74. The summed E-state index contributed by atoms with van der Waals surface area (Å²) >= 11 is 18.0. The molecule has 1 saturated carbocycles. The SMILES string of the molecule is C[C@]1(C(=O)OCc2cc(Cl)cc3c2OCOC3)CC1(Cl)Cl. The molecule has 7 heteroatoms. The zero-order valence-electron chi connectivity index (χ0n) is 11.3. The van der Waals surface area contributed by atoms with Crippen LogP contribution in [0.25, 0.3) is 0 Å². The van der Waals surface area contributed by atoms with Gasteiger partial charge in [0.2, 0.25) is 0 Å². The van der Waals surface area contributed by atoms with Crippen LogP contribution in [0.5, 0.6) is 5.75 Å². The molecule has 0 amide bonds. The van der Waals surface area contributed by atoms with Crippen molar-refractivity contribution in [2.75, 3.05) is 6.79 Å². The lowest BCUT2D eigenvalue weighted by Gasteiger charge is -2.21. The molecular weight excluding hydrogens is 339 g/mol. The number of fused-ring (bicyclic) bond motifs is 1. The molecule has 3 rings (SSSR count). The summed E-state index contributed by atoms with van der Waals surface area (Å²) in [6.07, 6.45) is 0.389. The number of alkyl halides is 2. The highest BCUT2D eigenvalue weighted by Gasteiger charge is 2.69. The van der Waals surface area contributed by atoms with Gasteiger partial charge in [-0.05, 0) is 19.1 Å². The Labute approximate surface area is 137 Å². The molecule has 1 aromatic carbocycles. The van der Waals surface area contributed by atoms with Gasteiger partial charge in [-0.3, -0.25) is 4.79 Å². The van der Waals surface area contributed by atoms with Gasteiger partial charge in [0.05, 0.1) is 6.61 Å². The van der Waals surface area contributed by atoms with Gasteiger partial charge in [0.25, 0.3) is 0 Å². The van der Waals surface area contributed by atoms with Gasteiger partial charge < -0.3 is 14.2 Å². The number of halogens is 3. The van der Waals surface area contributed by atoms with Crippen LogP contribution in [0.1, 0.15) is 24.5 Å². The third kappa shape index (κ3) is 2.70. The first-order chi connectivity index (χ1) is 9.83. The molecule has 0 spiro atoms. The molecule has 4 nitrogen and oxygen atoms in total. The first kappa shape index (κ1) is 15.2. The molecule has 0 N–H and O–H groups in total. The molecule has 1 atom stereocenters. The van der Waals surface area contributed by atoms with Crippen molar-refractivity contribution < 1.29 is 19.0 Å². The van der Waals surface area contributed by atoms with Gasteiger partial charge >= 0.3 is 5.97 Å². The van der Waals surface area contributed by atoms with Gasteiger partial charge in [-0.15, -0.1) is 23.2 Å². The molecule has 0 aromatic heterocycles. The third-order valence-electron chi connectivity index (χ3n) is 3.82. The highest BCUT2D eigenvalue weighted by Crippen LogP contribution is 2.64. The monoisotopic (exact) mass is 350 g/mol. The number of ether oxygens (including phenoxy) is 3. The topological polar surface area (TPSA) is 44.8 Å². The predicted molar refractivity (Wildman–Crippen MR) is 78.7 cm³/mol. The quantitative estimate of drug-likeness (QED) is 0.613. The fraction of sp³-hybridized carbons (Fsp3) is 0.500. The molecular formula is C14H13Cl3O4. The Morgan fingerprint density at radius 2 is 2.14 bits per heavy atom. The maximum Gasteiger partial charge on any atom is 0.315 e. The number of rotatable bonds is 3. The predicted octanol–water partition coefficient (Wildman–Crippen LogP) is 3.83. The lowest BCUT2D eigenvalue weighted by molar-refractivity contribution is -0.151. The average Bonchev–Trinajstić information content (AvgIpc) is 2.95. The van der Waals surface area contributed by atoms with Gasteiger partial charge in [-0.2, -0.15) is 0 Å². The second-order valence-electron chi connectivity index (χ2n) is 5.45. The smallest absolute Gasteiger partial charge is 0.315 e. The van der Waals surface area contributed by atoms with Crippen LogP contribution in [-0.4, -0.2) is 17.1 Å². The summed E-state index contributed by atoms with van der Waals surface area (Å²) in [4.78, 5) is 12.1. The van der Waals surface area contributed by atoms with Gasteiger partial charge in [0.15, 0.2) is 6.79 Å². The first-order valence-corrected chi connectivity index (χ1v) is 7.54. The van der Waals surface area contributed by atoms with Crippen LogP contribution < -0.4 is 4.74 Å². The molecule has 0 unspecified atom stereocenters. The number of benzene rings is 1. The highest BCUT2D eigenvalue weighted by molar-refractivity contribution is 6.53. The second kappa shape index (κ2) is 5.20. The normalized spacial score (nSPS) is 25.7. The number of hydrogen-bond donors (Lipinski definition) is 0. The summed E-state index contributed by atoms with van der Waals surface area (Å²) in [5.41, 5.74) is 0.688. The van der Waals surface area contributed by atoms with Crippen molar-refractivity contribution in [1.29, 1.82) is 0 Å². The van der Waals surface area contributed by atoms with E-state index < -0.39 is 15.7 Å². The lowest BCUT2D eigenvalue weighted by atomic mass is 10.1. The number of esters is 1. The first-order valence-electron chi connectivity index (χ1n) is 6.40. The van der Waals surface area contributed by atoms with Crippen LogP contribution in [0, 0.1) is 5.41 Å². The molecule has 0 bridgehead atoms. The number of carbonyl (C=O) groups excluding carboxylic acids is 1. The summed E-state index contributed by atoms with van der Waals surface area (Å²) in [6, 6.07) is 3.48. The van der Waals surface area contributed by atoms with Crippen molar-refractivity contribution >= 4 is 40.8 Å². The Morgan fingerprint density at radius 1 is 1.43 bits per heavy atom. The average molecular weight is 352 g/mol. The molecule has 21 heavy (non-hydrogen) atoms. The molecule has 1 heterocycles. The van der Waals surface area contributed by atoms with Crippen LogP contribution >= 0.6 is 34.8 Å². The molecule has 1 aliphatic heterocycles. The van der Waals surface area contributed by atoms with E-state index in [1.807, 2.05) is 0 Å². The van der Waals surface area contributed by atoms with E-state index in [0.717, 1.165) is 5.56 Å². The minimum atomic E-state index is -1.04. The van der Waals surface area contributed by atoms with Crippen LogP contribution in [0.15, 0.2) is 12.1 Å². The summed E-state index contributed by atoms with van der Waals surface area (Å²) < 4.78 is 14.9. The zero-order chi connectivity index (χ0) is 15.3. The summed E-state index contributed by atoms with van der Waals surface area (Å²) in [5, 5.41) is 0.538. The van der Waals surface area contributed by atoms with Crippen molar-refractivity contribution in [2.24, 2.45) is 5.41 Å². The van der Waals surface area contributed by atoms with Gasteiger partial charge in [-0.25, -0.2) is 0 Å². The van der Waals surface area contributed by atoms with Crippen LogP contribution in [0.2, 0.25) is 5.02 Å². The largest absolute Gasteiger partial charge is 0.467 e. The zero-order valence-corrected chi connectivity index (χ0v) is 13.5. The molecule has 2 aliphatic rings. The molecule has 1 aromatic rings. The van der Waals surface area contributed by atoms with E-state index in [9.17, 15) is 4.79 Å². The van der Waals surface area contributed by atoms with Crippen LogP contribution in [0.4, 0.5) is 0 Å². The Bertz CT molecular complexity index is 602. The Kier molecular flexibility index (Phi) is 3.77. The minimum absolute atomic E-state index is 0.0567. The summed E-state index contributed by atoms with van der Waals surface area (Å²) in [7, 11) is 0. The molecule has 0 radical (unpaired) electrons. The van der Waals surface area contributed by atoms with Crippen LogP contribution in [-0.2, 0) is 27.5 Å². The van der Waals surface area contributed by atoms with E-state index in [1.165, 1.54) is 0 Å². The fourth-order valence-electron chi connectivity index (χ4n) is 2.29. The van der Waals surface area contributed by atoms with Crippen molar-refractivity contribution in [2.45, 2.75) is 30.9 Å². The van der Waals surface area contributed by atoms with Crippen molar-refractivity contribution in [3.63, 3.8) is 0 Å². The van der Waals surface area contributed by atoms with Crippen molar-refractivity contribution in [1.82, 2.24) is 0 Å². The number of carbonyl (C=O) groups is 1. The molecule has 1 fully saturated rings. The molecule has 1 aliphatic carbocycles. The fourth-order valence-corrected chi connectivity index (χ4v) is 3.24. The Morgan fingerprint density at radius 3 is 2.81 bits per heavy atom. The van der Waals surface area contributed by atoms with Gasteiger partial charge in [0.1, 0.15) is 22.1 Å². The second-order valence-corrected chi connectivity index (χ2v) is 7.37. The maximum absolute atomic E-state index is 12.1. The van der Waals surface area contributed by atoms with E-state index in [1.54, 1.807) is 19.1 Å². The third-order valence-corrected chi connectivity index (χ3v) is 5.14. The van der Waals surface area contributed by atoms with Gasteiger partial charge in [-0.1, -0.05) is 11.6 Å². The maximum atomic E-state index is 12.1. The van der Waals surface area contributed by atoms with E-state index in [4.69, 9.17) is 49.0 Å². The lowest BCUT2D eigenvalue weighted by Crippen LogP contribution is -2.21. The number of hydrogen-bond acceptors (Lipinski definition) is 4. The van der Waals surface area contributed by atoms with E-state index >= 15 is 0 Å². The van der Waals surface area contributed by atoms with E-state index in [0.29, 0.717) is 29.4 Å². The molecule has 0 saturated heterocycles. The van der Waals surface area contributed by atoms with Crippen molar-refractivity contribution in [3.8, 4) is 5.75 Å². The van der Waals surface area contributed by atoms with E-state index in [2.05, 4.69) is 0 Å². The summed E-state index contributed by atoms with van der Waals surface area (Å²) in [5.74, 6) is 0.232. The van der Waals surface area contributed by atoms with Crippen LogP contribution in [0.3, 0.4) is 0 Å². The Hall–Kier alpha value is -0.680. The molecule has 114 valence electrons. The summed E-state index contributed by atoms with van der Waals surface area (Å²) in [6.45, 7) is 2.33. The minimum Gasteiger partial charge on any atom is -0.467 e. The van der Waals surface area contributed by atoms with Crippen molar-refractivity contribution in [3.05, 3.63) is 28.3 Å².